The molecule has 1 aliphatic carbocycles. The second-order valence-corrected chi connectivity index (χ2v) is 6.51. The van der Waals surface area contributed by atoms with E-state index >= 15 is 0 Å². The zero-order valence-corrected chi connectivity index (χ0v) is 11.8. The van der Waals surface area contributed by atoms with Crippen molar-refractivity contribution in [2.75, 3.05) is 0 Å². The molecule has 1 aromatic heterocycles. The van der Waals surface area contributed by atoms with Crippen LogP contribution in [0.25, 0.3) is 0 Å². The maximum atomic E-state index is 4.10. The molecule has 0 bridgehead atoms. The maximum Gasteiger partial charge on any atom is 0.0769 e. The van der Waals surface area contributed by atoms with Crippen molar-refractivity contribution in [2.45, 2.75) is 59.0 Å². The summed E-state index contributed by atoms with van der Waals surface area (Å²) in [6, 6.07) is 4.63. The highest BCUT2D eigenvalue weighted by atomic mass is 15.1. The van der Waals surface area contributed by atoms with E-state index < -0.39 is 0 Å². The molecule has 0 atom stereocenters. The summed E-state index contributed by atoms with van der Waals surface area (Å²) in [4.78, 5) is 0. The lowest BCUT2D eigenvalue weighted by molar-refractivity contribution is 0.159. The van der Waals surface area contributed by atoms with E-state index in [1.165, 1.54) is 25.7 Å². The maximum absolute atomic E-state index is 4.10. The second kappa shape index (κ2) is 5.79. The molecule has 100 valence electrons. The highest BCUT2D eigenvalue weighted by Crippen LogP contribution is 2.37. The Morgan fingerprint density at radius 1 is 1.22 bits per heavy atom. The third kappa shape index (κ3) is 3.77. The Hall–Kier alpha value is -0.960. The van der Waals surface area contributed by atoms with E-state index in [0.717, 1.165) is 18.2 Å². The zero-order chi connectivity index (χ0) is 13.0. The molecule has 0 saturated heterocycles. The summed E-state index contributed by atoms with van der Waals surface area (Å²) in [5.41, 5.74) is 1.51. The number of hydrogen-bond acceptors (Lipinski definition) is 3. The second-order valence-electron chi connectivity index (χ2n) is 6.51. The first-order valence-corrected chi connectivity index (χ1v) is 7.05. The van der Waals surface area contributed by atoms with Gasteiger partial charge >= 0.3 is 0 Å². The topological polar surface area (TPSA) is 37.8 Å². The van der Waals surface area contributed by atoms with E-state index in [4.69, 9.17) is 0 Å². The van der Waals surface area contributed by atoms with Gasteiger partial charge in [-0.25, -0.2) is 0 Å². The lowest BCUT2D eigenvalue weighted by Gasteiger charge is -2.37. The third-order valence-corrected chi connectivity index (χ3v) is 4.15. The van der Waals surface area contributed by atoms with Gasteiger partial charge in [0.1, 0.15) is 0 Å². The monoisotopic (exact) mass is 247 g/mol. The van der Waals surface area contributed by atoms with Crippen molar-refractivity contribution < 1.29 is 0 Å². The Morgan fingerprint density at radius 3 is 2.50 bits per heavy atom. The van der Waals surface area contributed by atoms with Gasteiger partial charge in [-0.1, -0.05) is 20.8 Å². The van der Waals surface area contributed by atoms with Gasteiger partial charge in [0.15, 0.2) is 0 Å². The van der Waals surface area contributed by atoms with Gasteiger partial charge in [0.25, 0.3) is 0 Å². The van der Waals surface area contributed by atoms with Crippen LogP contribution in [-0.4, -0.2) is 16.2 Å². The van der Waals surface area contributed by atoms with Crippen LogP contribution < -0.4 is 5.32 Å². The molecule has 0 aromatic carbocycles. The summed E-state index contributed by atoms with van der Waals surface area (Å²) < 4.78 is 0. The van der Waals surface area contributed by atoms with E-state index in [-0.39, 0.29) is 0 Å². The molecule has 2 rings (SSSR count). The Morgan fingerprint density at radius 2 is 1.94 bits per heavy atom. The third-order valence-electron chi connectivity index (χ3n) is 4.15. The van der Waals surface area contributed by atoms with Crippen LogP contribution in [0, 0.1) is 11.3 Å². The van der Waals surface area contributed by atoms with Crippen LogP contribution in [0.15, 0.2) is 18.3 Å². The molecule has 0 aliphatic heterocycles. The Balaban J connectivity index is 1.74. The molecule has 1 aromatic rings. The van der Waals surface area contributed by atoms with E-state index in [0.29, 0.717) is 11.5 Å². The van der Waals surface area contributed by atoms with Gasteiger partial charge in [-0.3, -0.25) is 0 Å². The first kappa shape index (κ1) is 13.5. The summed E-state index contributed by atoms with van der Waals surface area (Å²) >= 11 is 0. The van der Waals surface area contributed by atoms with E-state index in [9.17, 15) is 0 Å². The van der Waals surface area contributed by atoms with Crippen LogP contribution in [0.1, 0.15) is 52.1 Å². The standard InChI is InChI=1S/C15H25N3/c1-15(2,3)12-6-8-13(9-7-12)16-11-14-5-4-10-17-18-14/h4-5,10,12-13,16H,6-9,11H2,1-3H3. The summed E-state index contributed by atoms with van der Waals surface area (Å²) in [7, 11) is 0. The quantitative estimate of drug-likeness (QED) is 0.891. The first-order valence-electron chi connectivity index (χ1n) is 7.05. The zero-order valence-electron chi connectivity index (χ0n) is 11.8. The van der Waals surface area contributed by atoms with Gasteiger partial charge < -0.3 is 5.32 Å². The molecule has 1 saturated carbocycles. The van der Waals surface area contributed by atoms with Crippen molar-refractivity contribution in [3.63, 3.8) is 0 Å². The molecular weight excluding hydrogens is 222 g/mol. The number of nitrogens with zero attached hydrogens (tertiary/aromatic N) is 2. The summed E-state index contributed by atoms with van der Waals surface area (Å²) in [5, 5.41) is 11.6. The highest BCUT2D eigenvalue weighted by Gasteiger charge is 2.29. The van der Waals surface area contributed by atoms with Crippen LogP contribution in [0.5, 0.6) is 0 Å². The molecule has 1 fully saturated rings. The van der Waals surface area contributed by atoms with Crippen LogP contribution in [0.2, 0.25) is 0 Å². The van der Waals surface area contributed by atoms with E-state index in [2.05, 4.69) is 36.3 Å². The molecule has 1 N–H and O–H groups in total. The van der Waals surface area contributed by atoms with Crippen molar-refractivity contribution in [1.82, 2.24) is 15.5 Å². The summed E-state index contributed by atoms with van der Waals surface area (Å²) in [6.07, 6.45) is 7.01. The highest BCUT2D eigenvalue weighted by molar-refractivity contribution is 4.99. The lowest BCUT2D eigenvalue weighted by Crippen LogP contribution is -2.36. The van der Waals surface area contributed by atoms with Gasteiger partial charge in [0, 0.05) is 18.8 Å². The fraction of sp³-hybridized carbons (Fsp3) is 0.733. The average molecular weight is 247 g/mol. The Kier molecular flexibility index (Phi) is 4.33. The number of rotatable bonds is 3. The van der Waals surface area contributed by atoms with Crippen LogP contribution in [0.4, 0.5) is 0 Å². The van der Waals surface area contributed by atoms with Crippen LogP contribution in [0.3, 0.4) is 0 Å². The fourth-order valence-electron chi connectivity index (χ4n) is 2.84. The van der Waals surface area contributed by atoms with Gasteiger partial charge in [-0.15, -0.1) is 0 Å². The number of nitrogens with one attached hydrogen (secondary N) is 1. The first-order chi connectivity index (χ1) is 8.55. The van der Waals surface area contributed by atoms with Crippen molar-refractivity contribution in [3.05, 3.63) is 24.0 Å². The molecule has 1 aliphatic rings. The minimum absolute atomic E-state index is 0.468. The smallest absolute Gasteiger partial charge is 0.0769 e. The molecular formula is C15H25N3. The largest absolute Gasteiger partial charge is 0.308 e. The minimum Gasteiger partial charge on any atom is -0.308 e. The molecule has 0 radical (unpaired) electrons. The molecule has 3 heteroatoms. The summed E-state index contributed by atoms with van der Waals surface area (Å²) in [5.74, 6) is 0.882. The molecule has 3 nitrogen and oxygen atoms in total. The SMILES string of the molecule is CC(C)(C)C1CCC(NCc2cccnn2)CC1. The van der Waals surface area contributed by atoms with Crippen molar-refractivity contribution >= 4 is 0 Å². The molecule has 1 heterocycles. The molecule has 18 heavy (non-hydrogen) atoms. The molecule has 0 unspecified atom stereocenters. The molecule has 0 spiro atoms. The van der Waals surface area contributed by atoms with E-state index in [1.54, 1.807) is 6.20 Å². The lowest BCUT2D eigenvalue weighted by atomic mass is 9.71. The van der Waals surface area contributed by atoms with Gasteiger partial charge in [-0.2, -0.15) is 10.2 Å². The van der Waals surface area contributed by atoms with E-state index in [1.807, 2.05) is 12.1 Å². The van der Waals surface area contributed by atoms with Gasteiger partial charge in [0.2, 0.25) is 0 Å². The minimum atomic E-state index is 0.468. The van der Waals surface area contributed by atoms with Crippen LogP contribution in [-0.2, 0) is 6.54 Å². The van der Waals surface area contributed by atoms with Crippen LogP contribution >= 0.6 is 0 Å². The van der Waals surface area contributed by atoms with Gasteiger partial charge in [0.05, 0.1) is 5.69 Å². The average Bonchev–Trinajstić information content (AvgIpc) is 2.37. The normalized spacial score (nSPS) is 25.1. The van der Waals surface area contributed by atoms with Crippen molar-refractivity contribution in [3.8, 4) is 0 Å². The predicted molar refractivity (Wildman–Crippen MR) is 74.1 cm³/mol. The number of aromatic nitrogens is 2. The predicted octanol–water partition coefficient (Wildman–Crippen LogP) is 3.17. The summed E-state index contributed by atoms with van der Waals surface area (Å²) in [6.45, 7) is 7.94. The van der Waals surface area contributed by atoms with Crippen molar-refractivity contribution in [2.24, 2.45) is 11.3 Å². The van der Waals surface area contributed by atoms with Crippen molar-refractivity contribution in [1.29, 1.82) is 0 Å². The van der Waals surface area contributed by atoms with Gasteiger partial charge in [-0.05, 0) is 49.1 Å². The Labute approximate surface area is 110 Å². The molecule has 0 amide bonds. The fourth-order valence-corrected chi connectivity index (χ4v) is 2.84. The number of hydrogen-bond donors (Lipinski definition) is 1. The Bertz CT molecular complexity index is 348.